The molecule has 4 rings (SSSR count). The summed E-state index contributed by atoms with van der Waals surface area (Å²) in [5.41, 5.74) is 0.730. The summed E-state index contributed by atoms with van der Waals surface area (Å²) >= 11 is 0. The highest BCUT2D eigenvalue weighted by Crippen LogP contribution is 2.40. The highest BCUT2D eigenvalue weighted by molar-refractivity contribution is 5.79. The SMILES string of the molecule is Cn1cc(CN2CCC3(CC2)OCC[C@@](C)(NC(=O)Cc2cccnc2)[C@@H]3O)cn1. The quantitative estimate of drug-likeness (QED) is 0.761. The van der Waals surface area contributed by atoms with Crippen molar-refractivity contribution >= 4 is 5.91 Å². The average molecular weight is 414 g/mol. The van der Waals surface area contributed by atoms with Gasteiger partial charge in [-0.2, -0.15) is 5.10 Å². The topological polar surface area (TPSA) is 92.5 Å². The molecule has 2 atom stereocenters. The lowest BCUT2D eigenvalue weighted by molar-refractivity contribution is -0.208. The number of hydrogen-bond acceptors (Lipinski definition) is 6. The molecule has 0 aliphatic carbocycles. The minimum absolute atomic E-state index is 0.101. The number of aryl methyl sites for hydroxylation is 1. The van der Waals surface area contributed by atoms with Crippen LogP contribution in [0.5, 0.6) is 0 Å². The van der Waals surface area contributed by atoms with Crippen LogP contribution in [-0.4, -0.2) is 67.6 Å². The van der Waals surface area contributed by atoms with Gasteiger partial charge in [0.25, 0.3) is 0 Å². The summed E-state index contributed by atoms with van der Waals surface area (Å²) in [5, 5.41) is 18.6. The molecular formula is C22H31N5O3. The van der Waals surface area contributed by atoms with Gasteiger partial charge < -0.3 is 15.2 Å². The summed E-state index contributed by atoms with van der Waals surface area (Å²) in [6.45, 7) is 4.99. The molecule has 2 fully saturated rings. The number of hydrogen-bond donors (Lipinski definition) is 2. The van der Waals surface area contributed by atoms with Crippen LogP contribution in [0.3, 0.4) is 0 Å². The van der Waals surface area contributed by atoms with Crippen LogP contribution in [0.2, 0.25) is 0 Å². The molecule has 1 amide bonds. The van der Waals surface area contributed by atoms with Gasteiger partial charge in [0, 0.05) is 57.4 Å². The highest BCUT2D eigenvalue weighted by atomic mass is 16.5. The van der Waals surface area contributed by atoms with Gasteiger partial charge in [-0.05, 0) is 37.8 Å². The molecule has 0 aromatic carbocycles. The molecule has 2 aliphatic rings. The summed E-state index contributed by atoms with van der Waals surface area (Å²) in [6, 6.07) is 3.71. The Kier molecular flexibility index (Phi) is 5.90. The molecule has 162 valence electrons. The summed E-state index contributed by atoms with van der Waals surface area (Å²) in [4.78, 5) is 19.1. The number of rotatable bonds is 5. The lowest BCUT2D eigenvalue weighted by Gasteiger charge is -2.53. The molecule has 0 unspecified atom stereocenters. The molecule has 2 aliphatic heterocycles. The Labute approximate surface area is 177 Å². The van der Waals surface area contributed by atoms with Crippen LogP contribution in [-0.2, 0) is 29.5 Å². The fourth-order valence-electron chi connectivity index (χ4n) is 4.76. The van der Waals surface area contributed by atoms with E-state index in [0.29, 0.717) is 13.0 Å². The van der Waals surface area contributed by atoms with Gasteiger partial charge in [0.1, 0.15) is 6.10 Å². The number of carbonyl (C=O) groups excluding carboxylic acids is 1. The van der Waals surface area contributed by atoms with Crippen LogP contribution in [0, 0.1) is 0 Å². The Morgan fingerprint density at radius 2 is 2.10 bits per heavy atom. The Hall–Kier alpha value is -2.29. The van der Waals surface area contributed by atoms with Gasteiger partial charge in [0.15, 0.2) is 0 Å². The predicted octanol–water partition coefficient (Wildman–Crippen LogP) is 1.05. The number of aliphatic hydroxyl groups is 1. The van der Waals surface area contributed by atoms with Gasteiger partial charge in [-0.1, -0.05) is 6.07 Å². The predicted molar refractivity (Wildman–Crippen MR) is 112 cm³/mol. The maximum Gasteiger partial charge on any atom is 0.224 e. The van der Waals surface area contributed by atoms with Crippen molar-refractivity contribution in [1.29, 1.82) is 0 Å². The zero-order valence-electron chi connectivity index (χ0n) is 17.8. The highest BCUT2D eigenvalue weighted by Gasteiger charge is 2.53. The Balaban J connectivity index is 1.37. The third-order valence-electron chi connectivity index (χ3n) is 6.49. The Morgan fingerprint density at radius 1 is 1.30 bits per heavy atom. The lowest BCUT2D eigenvalue weighted by atomic mass is 9.73. The van der Waals surface area contributed by atoms with E-state index in [1.54, 1.807) is 12.4 Å². The fourth-order valence-corrected chi connectivity index (χ4v) is 4.76. The maximum absolute atomic E-state index is 12.7. The summed E-state index contributed by atoms with van der Waals surface area (Å²) in [6.07, 6.45) is 8.88. The third kappa shape index (κ3) is 4.40. The number of aromatic nitrogens is 3. The first-order valence-corrected chi connectivity index (χ1v) is 10.6. The van der Waals surface area contributed by atoms with Crippen LogP contribution < -0.4 is 5.32 Å². The Bertz CT molecular complexity index is 863. The average Bonchev–Trinajstić information content (AvgIpc) is 3.13. The van der Waals surface area contributed by atoms with Gasteiger partial charge in [0.05, 0.1) is 23.8 Å². The van der Waals surface area contributed by atoms with Crippen molar-refractivity contribution in [2.24, 2.45) is 7.05 Å². The van der Waals surface area contributed by atoms with Crippen molar-refractivity contribution in [3.8, 4) is 0 Å². The number of nitrogens with zero attached hydrogens (tertiary/aromatic N) is 4. The van der Waals surface area contributed by atoms with Crippen molar-refractivity contribution in [2.75, 3.05) is 19.7 Å². The number of piperidine rings is 1. The van der Waals surface area contributed by atoms with Gasteiger partial charge >= 0.3 is 0 Å². The van der Waals surface area contributed by atoms with Crippen LogP contribution in [0.4, 0.5) is 0 Å². The largest absolute Gasteiger partial charge is 0.388 e. The van der Waals surface area contributed by atoms with E-state index in [0.717, 1.165) is 38.0 Å². The Morgan fingerprint density at radius 3 is 2.77 bits per heavy atom. The molecule has 0 saturated carbocycles. The molecule has 2 aromatic heterocycles. The second kappa shape index (κ2) is 8.45. The summed E-state index contributed by atoms with van der Waals surface area (Å²) in [7, 11) is 1.92. The first-order chi connectivity index (χ1) is 14.4. The van der Waals surface area contributed by atoms with Gasteiger partial charge in [-0.15, -0.1) is 0 Å². The van der Waals surface area contributed by atoms with Crippen molar-refractivity contribution in [1.82, 2.24) is 25.0 Å². The number of ether oxygens (including phenoxy) is 1. The molecule has 8 heteroatoms. The van der Waals surface area contributed by atoms with E-state index in [-0.39, 0.29) is 12.3 Å². The van der Waals surface area contributed by atoms with E-state index >= 15 is 0 Å². The smallest absolute Gasteiger partial charge is 0.224 e. The van der Waals surface area contributed by atoms with Crippen LogP contribution in [0.25, 0.3) is 0 Å². The number of pyridine rings is 1. The van der Waals surface area contributed by atoms with E-state index in [9.17, 15) is 9.90 Å². The van der Waals surface area contributed by atoms with Gasteiger partial charge in [0.2, 0.25) is 5.91 Å². The van der Waals surface area contributed by atoms with Crippen molar-refractivity contribution < 1.29 is 14.6 Å². The summed E-state index contributed by atoms with van der Waals surface area (Å²) < 4.78 is 7.98. The van der Waals surface area contributed by atoms with Gasteiger partial charge in [-0.3, -0.25) is 19.4 Å². The first-order valence-electron chi connectivity index (χ1n) is 10.6. The maximum atomic E-state index is 12.7. The van der Waals surface area contributed by atoms with Crippen molar-refractivity contribution in [3.05, 3.63) is 48.0 Å². The normalized spacial score (nSPS) is 26.6. The second-order valence-corrected chi connectivity index (χ2v) is 8.87. The van der Waals surface area contributed by atoms with E-state index in [1.165, 1.54) is 5.56 Å². The number of amides is 1. The number of carbonyl (C=O) groups is 1. The minimum atomic E-state index is -0.753. The van der Waals surface area contributed by atoms with Crippen molar-refractivity contribution in [3.63, 3.8) is 0 Å². The van der Waals surface area contributed by atoms with E-state index < -0.39 is 17.2 Å². The fraction of sp³-hybridized carbons (Fsp3) is 0.591. The zero-order valence-corrected chi connectivity index (χ0v) is 17.8. The molecule has 4 heterocycles. The van der Waals surface area contributed by atoms with Crippen LogP contribution in [0.15, 0.2) is 36.9 Å². The molecule has 1 spiro atoms. The van der Waals surface area contributed by atoms with E-state index in [4.69, 9.17) is 4.74 Å². The molecule has 2 saturated heterocycles. The lowest BCUT2D eigenvalue weighted by Crippen LogP contribution is -2.69. The van der Waals surface area contributed by atoms with Crippen LogP contribution >= 0.6 is 0 Å². The molecular weight excluding hydrogens is 382 g/mol. The molecule has 2 N–H and O–H groups in total. The first kappa shape index (κ1) is 21.0. The zero-order chi connectivity index (χ0) is 21.2. The third-order valence-corrected chi connectivity index (χ3v) is 6.49. The second-order valence-electron chi connectivity index (χ2n) is 8.87. The monoisotopic (exact) mass is 413 g/mol. The standard InChI is InChI=1S/C22H31N5O3/c1-21(25-19(28)12-17-4-3-8-23-13-17)7-11-30-22(20(21)29)5-9-27(10-6-22)16-18-14-24-26(2)15-18/h3-4,8,13-15,20,29H,5-7,9-12,16H2,1-2H3,(H,25,28)/t20-,21+/m0/s1. The molecule has 30 heavy (non-hydrogen) atoms. The number of nitrogens with one attached hydrogen (secondary N) is 1. The molecule has 8 nitrogen and oxygen atoms in total. The van der Waals surface area contributed by atoms with Crippen molar-refractivity contribution in [2.45, 2.75) is 56.4 Å². The molecule has 0 radical (unpaired) electrons. The molecule has 2 aromatic rings. The van der Waals surface area contributed by atoms with Gasteiger partial charge in [-0.25, -0.2) is 0 Å². The van der Waals surface area contributed by atoms with E-state index in [2.05, 4.69) is 20.3 Å². The van der Waals surface area contributed by atoms with E-state index in [1.807, 2.05) is 43.2 Å². The number of likely N-dealkylation sites (tertiary alicyclic amines) is 1. The molecule has 0 bridgehead atoms. The number of aliphatic hydroxyl groups excluding tert-OH is 1. The minimum Gasteiger partial charge on any atom is -0.388 e. The summed E-state index contributed by atoms with van der Waals surface area (Å²) in [5.74, 6) is -0.101. The van der Waals surface area contributed by atoms with Crippen LogP contribution in [0.1, 0.15) is 37.3 Å².